The van der Waals surface area contributed by atoms with Crippen molar-refractivity contribution < 1.29 is 14.6 Å². The zero-order valence-electron chi connectivity index (χ0n) is 10.4. The van der Waals surface area contributed by atoms with Crippen LogP contribution < -0.4 is 5.32 Å². The maximum Gasteiger partial charge on any atom is 0.123 e. The summed E-state index contributed by atoms with van der Waals surface area (Å²) in [5, 5.41) is 22.1. The van der Waals surface area contributed by atoms with Crippen LogP contribution in [0.2, 0.25) is 0 Å². The van der Waals surface area contributed by atoms with Crippen LogP contribution in [-0.4, -0.2) is 29.9 Å². The van der Waals surface area contributed by atoms with Crippen LogP contribution in [0, 0.1) is 11.2 Å². The molecule has 0 spiro atoms. The van der Waals surface area contributed by atoms with Crippen molar-refractivity contribution in [2.45, 2.75) is 25.4 Å². The first kappa shape index (κ1) is 13.5. The van der Waals surface area contributed by atoms with Gasteiger partial charge in [0.15, 0.2) is 0 Å². The molecule has 1 unspecified atom stereocenters. The van der Waals surface area contributed by atoms with Gasteiger partial charge < -0.3 is 15.5 Å². The standard InChI is InChI=1S/C14H20FNO2/c15-12-3-1-2-11(8-12)13(18)9-16-10-14(4-5-14)6-7-17/h1-3,8,13,16-18H,4-7,9-10H2. The molecule has 3 nitrogen and oxygen atoms in total. The van der Waals surface area contributed by atoms with E-state index < -0.39 is 6.10 Å². The molecule has 18 heavy (non-hydrogen) atoms. The Bertz CT molecular complexity index is 393. The fourth-order valence-corrected chi connectivity index (χ4v) is 2.23. The Kier molecular flexibility index (Phi) is 4.32. The zero-order chi connectivity index (χ0) is 13.0. The number of benzene rings is 1. The van der Waals surface area contributed by atoms with Crippen LogP contribution in [0.3, 0.4) is 0 Å². The molecule has 1 aromatic carbocycles. The Morgan fingerprint density at radius 3 is 2.78 bits per heavy atom. The second-order valence-electron chi connectivity index (χ2n) is 5.18. The predicted octanol–water partition coefficient (Wildman–Crippen LogP) is 1.61. The lowest BCUT2D eigenvalue weighted by molar-refractivity contribution is 0.169. The molecule has 1 aromatic rings. The number of hydrogen-bond acceptors (Lipinski definition) is 3. The fraction of sp³-hybridized carbons (Fsp3) is 0.571. The summed E-state index contributed by atoms with van der Waals surface area (Å²) < 4.78 is 13.0. The minimum Gasteiger partial charge on any atom is -0.396 e. The Balaban J connectivity index is 1.77. The van der Waals surface area contributed by atoms with Gasteiger partial charge in [0.2, 0.25) is 0 Å². The third-order valence-corrected chi connectivity index (χ3v) is 3.67. The molecule has 4 heteroatoms. The van der Waals surface area contributed by atoms with Crippen molar-refractivity contribution in [3.8, 4) is 0 Å². The van der Waals surface area contributed by atoms with Crippen LogP contribution in [0.1, 0.15) is 30.9 Å². The number of halogens is 1. The molecule has 1 atom stereocenters. The molecule has 100 valence electrons. The van der Waals surface area contributed by atoms with Crippen molar-refractivity contribution in [2.75, 3.05) is 19.7 Å². The van der Waals surface area contributed by atoms with Gasteiger partial charge in [-0.15, -0.1) is 0 Å². The third-order valence-electron chi connectivity index (χ3n) is 3.67. The molecule has 2 rings (SSSR count). The minimum atomic E-state index is -0.689. The van der Waals surface area contributed by atoms with E-state index >= 15 is 0 Å². The zero-order valence-corrected chi connectivity index (χ0v) is 10.4. The highest BCUT2D eigenvalue weighted by atomic mass is 19.1. The molecule has 1 fully saturated rings. The maximum atomic E-state index is 13.0. The highest BCUT2D eigenvalue weighted by molar-refractivity contribution is 5.19. The number of aliphatic hydroxyl groups excluding tert-OH is 2. The summed E-state index contributed by atoms with van der Waals surface area (Å²) in [6, 6.07) is 6.04. The van der Waals surface area contributed by atoms with Crippen LogP contribution >= 0.6 is 0 Å². The summed E-state index contributed by atoms with van der Waals surface area (Å²) in [6.07, 6.45) is 2.40. The molecule has 1 saturated carbocycles. The Morgan fingerprint density at radius 2 is 2.17 bits per heavy atom. The van der Waals surface area contributed by atoms with Crippen LogP contribution in [0.15, 0.2) is 24.3 Å². The summed E-state index contributed by atoms with van der Waals surface area (Å²) in [5.74, 6) is -0.328. The topological polar surface area (TPSA) is 52.5 Å². The molecular weight excluding hydrogens is 233 g/mol. The molecule has 0 saturated heterocycles. The van der Waals surface area contributed by atoms with Crippen LogP contribution in [0.5, 0.6) is 0 Å². The maximum absolute atomic E-state index is 13.0. The van der Waals surface area contributed by atoms with Gasteiger partial charge in [0.25, 0.3) is 0 Å². The fourth-order valence-electron chi connectivity index (χ4n) is 2.23. The SMILES string of the molecule is OCCC1(CNCC(O)c2cccc(F)c2)CC1. The van der Waals surface area contributed by atoms with Crippen LogP contribution in [-0.2, 0) is 0 Å². The largest absolute Gasteiger partial charge is 0.396 e. The van der Waals surface area contributed by atoms with Crippen molar-refractivity contribution in [1.29, 1.82) is 0 Å². The van der Waals surface area contributed by atoms with Gasteiger partial charge in [-0.2, -0.15) is 0 Å². The molecular formula is C14H20FNO2. The first-order valence-electron chi connectivity index (χ1n) is 6.40. The molecule has 1 aliphatic rings. The van der Waals surface area contributed by atoms with E-state index in [-0.39, 0.29) is 17.8 Å². The summed E-state index contributed by atoms with van der Waals surface area (Å²) >= 11 is 0. The first-order valence-corrected chi connectivity index (χ1v) is 6.40. The van der Waals surface area contributed by atoms with E-state index in [1.165, 1.54) is 12.1 Å². The summed E-state index contributed by atoms with van der Waals surface area (Å²) in [7, 11) is 0. The average molecular weight is 253 g/mol. The lowest BCUT2D eigenvalue weighted by Gasteiger charge is -2.17. The van der Waals surface area contributed by atoms with Gasteiger partial charge >= 0.3 is 0 Å². The molecule has 0 amide bonds. The van der Waals surface area contributed by atoms with Gasteiger partial charge in [0, 0.05) is 19.7 Å². The van der Waals surface area contributed by atoms with E-state index in [0.717, 1.165) is 25.8 Å². The van der Waals surface area contributed by atoms with Gasteiger partial charge in [0.1, 0.15) is 5.82 Å². The van der Waals surface area contributed by atoms with Gasteiger partial charge in [-0.1, -0.05) is 12.1 Å². The average Bonchev–Trinajstić information content (AvgIpc) is 3.09. The summed E-state index contributed by atoms with van der Waals surface area (Å²) in [5.41, 5.74) is 0.825. The number of nitrogens with one attached hydrogen (secondary N) is 1. The normalized spacial score (nSPS) is 18.6. The second-order valence-corrected chi connectivity index (χ2v) is 5.18. The van der Waals surface area contributed by atoms with Crippen molar-refractivity contribution in [1.82, 2.24) is 5.32 Å². The molecule has 0 bridgehead atoms. The molecule has 0 radical (unpaired) electrons. The first-order chi connectivity index (χ1) is 8.65. The number of rotatable bonds is 7. The van der Waals surface area contributed by atoms with Gasteiger partial charge in [-0.05, 0) is 42.4 Å². The monoisotopic (exact) mass is 253 g/mol. The van der Waals surface area contributed by atoms with Crippen molar-refractivity contribution in [3.63, 3.8) is 0 Å². The van der Waals surface area contributed by atoms with E-state index in [9.17, 15) is 9.50 Å². The highest BCUT2D eigenvalue weighted by Crippen LogP contribution is 2.47. The summed E-state index contributed by atoms with van der Waals surface area (Å²) in [6.45, 7) is 1.44. The van der Waals surface area contributed by atoms with Gasteiger partial charge in [0.05, 0.1) is 6.10 Å². The highest BCUT2D eigenvalue weighted by Gasteiger charge is 2.41. The van der Waals surface area contributed by atoms with Gasteiger partial charge in [-0.3, -0.25) is 0 Å². The van der Waals surface area contributed by atoms with E-state index in [4.69, 9.17) is 5.11 Å². The van der Waals surface area contributed by atoms with Crippen LogP contribution in [0.25, 0.3) is 0 Å². The molecule has 0 aromatic heterocycles. The van der Waals surface area contributed by atoms with E-state index in [2.05, 4.69) is 5.32 Å². The Morgan fingerprint density at radius 1 is 1.39 bits per heavy atom. The number of aliphatic hydroxyl groups is 2. The van der Waals surface area contributed by atoms with Crippen molar-refractivity contribution in [2.24, 2.45) is 5.41 Å². The van der Waals surface area contributed by atoms with Crippen molar-refractivity contribution in [3.05, 3.63) is 35.6 Å². The smallest absolute Gasteiger partial charge is 0.123 e. The van der Waals surface area contributed by atoms with E-state index in [1.54, 1.807) is 12.1 Å². The third kappa shape index (κ3) is 3.51. The van der Waals surface area contributed by atoms with Crippen molar-refractivity contribution >= 4 is 0 Å². The Hall–Kier alpha value is -0.970. The lowest BCUT2D eigenvalue weighted by Crippen LogP contribution is -2.28. The second kappa shape index (κ2) is 5.78. The molecule has 1 aliphatic carbocycles. The molecule has 3 N–H and O–H groups in total. The minimum absolute atomic E-state index is 0.216. The van der Waals surface area contributed by atoms with E-state index in [0.29, 0.717) is 12.1 Å². The van der Waals surface area contributed by atoms with Gasteiger partial charge in [-0.25, -0.2) is 4.39 Å². The summed E-state index contributed by atoms with van der Waals surface area (Å²) in [4.78, 5) is 0. The molecule has 0 aliphatic heterocycles. The van der Waals surface area contributed by atoms with Crippen LogP contribution in [0.4, 0.5) is 4.39 Å². The lowest BCUT2D eigenvalue weighted by atomic mass is 10.0. The predicted molar refractivity (Wildman–Crippen MR) is 67.6 cm³/mol. The Labute approximate surface area is 107 Å². The quantitative estimate of drug-likeness (QED) is 0.692. The molecule has 0 heterocycles. The number of hydrogen-bond donors (Lipinski definition) is 3. The van der Waals surface area contributed by atoms with E-state index in [1.807, 2.05) is 0 Å².